The van der Waals surface area contributed by atoms with E-state index in [1.165, 1.54) is 21.2 Å². The molecule has 0 spiro atoms. The molecule has 0 fully saturated rings. The first-order valence-corrected chi connectivity index (χ1v) is 9.32. The van der Waals surface area contributed by atoms with Crippen LogP contribution >= 0.6 is 23.4 Å². The van der Waals surface area contributed by atoms with Crippen molar-refractivity contribution < 1.29 is 5.32 Å². The summed E-state index contributed by atoms with van der Waals surface area (Å²) in [6, 6.07) is 14.8. The summed E-state index contributed by atoms with van der Waals surface area (Å²) in [5, 5.41) is 3.21. The largest absolute Gasteiger partial charge is 0.342 e. The van der Waals surface area contributed by atoms with Crippen LogP contribution in [0.5, 0.6) is 0 Å². The fourth-order valence-electron chi connectivity index (χ4n) is 2.83. The molecule has 0 radical (unpaired) electrons. The van der Waals surface area contributed by atoms with Gasteiger partial charge in [0.25, 0.3) is 0 Å². The number of nitrogens with zero attached hydrogens (tertiary/aromatic N) is 1. The number of quaternary nitrogens is 1. The third-order valence-electron chi connectivity index (χ3n) is 3.93. The summed E-state index contributed by atoms with van der Waals surface area (Å²) in [5.41, 5.74) is 2.82. The van der Waals surface area contributed by atoms with Crippen LogP contribution in [0.25, 0.3) is 0 Å². The van der Waals surface area contributed by atoms with E-state index in [1.807, 2.05) is 17.8 Å². The van der Waals surface area contributed by atoms with Gasteiger partial charge in [-0.2, -0.15) is 0 Å². The predicted octanol–water partition coefficient (Wildman–Crippen LogP) is 4.69. The van der Waals surface area contributed by atoms with Crippen molar-refractivity contribution in [2.45, 2.75) is 42.5 Å². The fraction of sp³-hybridized carbons (Fsp3) is 0.368. The van der Waals surface area contributed by atoms with Crippen LogP contribution in [0.3, 0.4) is 0 Å². The summed E-state index contributed by atoms with van der Waals surface area (Å²) >= 11 is 8.08. The monoisotopic (exact) mass is 347 g/mol. The highest BCUT2D eigenvalue weighted by atomic mass is 35.5. The van der Waals surface area contributed by atoms with Gasteiger partial charge in [0.2, 0.25) is 0 Å². The third-order valence-corrected chi connectivity index (χ3v) is 5.30. The zero-order chi connectivity index (χ0) is 16.4. The van der Waals surface area contributed by atoms with Crippen molar-refractivity contribution >= 4 is 34.7 Å². The molecule has 0 aliphatic carbocycles. The van der Waals surface area contributed by atoms with E-state index in [0.29, 0.717) is 0 Å². The Morgan fingerprint density at radius 3 is 2.57 bits per heavy atom. The molecule has 4 heteroatoms. The lowest BCUT2D eigenvalue weighted by atomic mass is 10.1. The molecule has 3 rings (SSSR count). The molecule has 122 valence electrons. The van der Waals surface area contributed by atoms with E-state index in [4.69, 9.17) is 11.6 Å². The van der Waals surface area contributed by atoms with Gasteiger partial charge in [0.1, 0.15) is 0 Å². The smallest absolute Gasteiger partial charge is 0.0876 e. The second-order valence-corrected chi connectivity index (χ2v) is 8.57. The van der Waals surface area contributed by atoms with Gasteiger partial charge in [-0.15, -0.1) is 0 Å². The normalized spacial score (nSPS) is 13.7. The number of hydrogen-bond acceptors (Lipinski definition) is 2. The summed E-state index contributed by atoms with van der Waals surface area (Å²) in [6.45, 7) is 8.92. The zero-order valence-electron chi connectivity index (χ0n) is 14.0. The molecule has 2 N–H and O–H groups in total. The Kier molecular flexibility index (Phi) is 4.90. The first kappa shape index (κ1) is 16.7. The van der Waals surface area contributed by atoms with Crippen molar-refractivity contribution in [3.8, 4) is 0 Å². The maximum absolute atomic E-state index is 6.25. The molecule has 0 bridgehead atoms. The van der Waals surface area contributed by atoms with Gasteiger partial charge >= 0.3 is 0 Å². The molecular weight excluding hydrogens is 324 g/mol. The number of nitrogens with two attached hydrogens (primary N) is 1. The second-order valence-electron chi connectivity index (χ2n) is 7.05. The minimum absolute atomic E-state index is 0.289. The number of halogens is 1. The molecule has 1 aliphatic heterocycles. The van der Waals surface area contributed by atoms with Crippen molar-refractivity contribution in [1.82, 2.24) is 0 Å². The highest BCUT2D eigenvalue weighted by Gasteiger charge is 2.23. The zero-order valence-corrected chi connectivity index (χ0v) is 15.5. The lowest BCUT2D eigenvalue weighted by molar-refractivity contribution is -0.716. The van der Waals surface area contributed by atoms with Crippen molar-refractivity contribution in [3.63, 3.8) is 0 Å². The topological polar surface area (TPSA) is 19.9 Å². The van der Waals surface area contributed by atoms with Crippen LogP contribution in [0.1, 0.15) is 27.2 Å². The van der Waals surface area contributed by atoms with E-state index in [0.717, 1.165) is 24.5 Å². The van der Waals surface area contributed by atoms with Crippen molar-refractivity contribution in [1.29, 1.82) is 0 Å². The van der Waals surface area contributed by atoms with E-state index in [-0.39, 0.29) is 5.54 Å². The van der Waals surface area contributed by atoms with E-state index in [2.05, 4.69) is 67.4 Å². The molecule has 1 aliphatic rings. The van der Waals surface area contributed by atoms with E-state index in [1.54, 1.807) is 0 Å². The first-order valence-electron chi connectivity index (χ1n) is 8.12. The summed E-state index contributed by atoms with van der Waals surface area (Å²) in [6.07, 6.45) is 1.14. The highest BCUT2D eigenvalue weighted by molar-refractivity contribution is 7.99. The predicted molar refractivity (Wildman–Crippen MR) is 100 cm³/mol. The maximum atomic E-state index is 6.25. The second kappa shape index (κ2) is 6.76. The Bertz CT molecular complexity index is 694. The van der Waals surface area contributed by atoms with Crippen LogP contribution in [0.2, 0.25) is 5.02 Å². The Labute approximate surface area is 148 Å². The minimum Gasteiger partial charge on any atom is -0.342 e. The molecule has 2 aromatic rings. The van der Waals surface area contributed by atoms with Crippen molar-refractivity contribution in [3.05, 3.63) is 47.5 Å². The lowest BCUT2D eigenvalue weighted by Gasteiger charge is -2.33. The van der Waals surface area contributed by atoms with Gasteiger partial charge in [-0.05, 0) is 51.1 Å². The van der Waals surface area contributed by atoms with Crippen LogP contribution in [0, 0.1) is 0 Å². The molecule has 0 aromatic heterocycles. The van der Waals surface area contributed by atoms with Crippen molar-refractivity contribution in [2.24, 2.45) is 0 Å². The molecule has 2 aromatic carbocycles. The highest BCUT2D eigenvalue weighted by Crippen LogP contribution is 2.48. The summed E-state index contributed by atoms with van der Waals surface area (Å²) in [4.78, 5) is 5.03. The van der Waals surface area contributed by atoms with Crippen LogP contribution in [-0.4, -0.2) is 18.6 Å². The number of benzene rings is 2. The Morgan fingerprint density at radius 2 is 1.78 bits per heavy atom. The lowest BCUT2D eigenvalue weighted by Crippen LogP contribution is -2.94. The number of rotatable bonds is 4. The number of fused-ring (bicyclic) bond motifs is 2. The van der Waals surface area contributed by atoms with Gasteiger partial charge in [-0.1, -0.05) is 35.5 Å². The molecule has 2 nitrogen and oxygen atoms in total. The SMILES string of the molecule is CC(C)(C)[NH2+]CCCN1c2ccccc2Sc2ccc(Cl)cc21. The van der Waals surface area contributed by atoms with Crippen LogP contribution in [-0.2, 0) is 0 Å². The average molecular weight is 348 g/mol. The molecule has 0 amide bonds. The van der Waals surface area contributed by atoms with E-state index < -0.39 is 0 Å². The fourth-order valence-corrected chi connectivity index (χ4v) is 4.07. The first-order chi connectivity index (χ1) is 10.9. The van der Waals surface area contributed by atoms with Gasteiger partial charge in [0, 0.05) is 27.8 Å². The van der Waals surface area contributed by atoms with Gasteiger partial charge in [0.05, 0.1) is 23.5 Å². The quantitative estimate of drug-likeness (QED) is 0.809. The summed E-state index contributed by atoms with van der Waals surface area (Å²) in [5.74, 6) is 0. The summed E-state index contributed by atoms with van der Waals surface area (Å²) in [7, 11) is 0. The molecule has 0 saturated carbocycles. The third kappa shape index (κ3) is 4.03. The number of para-hydroxylation sites is 1. The summed E-state index contributed by atoms with van der Waals surface area (Å²) < 4.78 is 0. The maximum Gasteiger partial charge on any atom is 0.0876 e. The molecule has 0 saturated heterocycles. The van der Waals surface area contributed by atoms with Gasteiger partial charge in [0.15, 0.2) is 0 Å². The Balaban J connectivity index is 1.82. The van der Waals surface area contributed by atoms with Gasteiger partial charge in [-0.25, -0.2) is 0 Å². The Morgan fingerprint density at radius 1 is 1.04 bits per heavy atom. The minimum atomic E-state index is 0.289. The Hall–Kier alpha value is -1.16. The number of hydrogen-bond donors (Lipinski definition) is 1. The molecule has 0 unspecified atom stereocenters. The standard InChI is InChI=1S/C19H23ClN2S/c1-19(2,3)21-11-6-12-22-15-7-4-5-8-17(15)23-18-10-9-14(20)13-16(18)22/h4-5,7-10,13,21H,6,11-12H2,1-3H3/p+1. The molecule has 23 heavy (non-hydrogen) atoms. The van der Waals surface area contributed by atoms with Gasteiger partial charge < -0.3 is 10.2 Å². The average Bonchev–Trinajstić information content (AvgIpc) is 2.50. The van der Waals surface area contributed by atoms with Crippen LogP contribution < -0.4 is 10.2 Å². The van der Waals surface area contributed by atoms with Crippen LogP contribution in [0.15, 0.2) is 52.3 Å². The molecular formula is C19H24ClN2S+. The van der Waals surface area contributed by atoms with E-state index >= 15 is 0 Å². The van der Waals surface area contributed by atoms with E-state index in [9.17, 15) is 0 Å². The van der Waals surface area contributed by atoms with Crippen LogP contribution in [0.4, 0.5) is 11.4 Å². The van der Waals surface area contributed by atoms with Crippen molar-refractivity contribution in [2.75, 3.05) is 18.0 Å². The number of anilines is 2. The molecule has 1 heterocycles. The van der Waals surface area contributed by atoms with Gasteiger partial charge in [-0.3, -0.25) is 0 Å². The molecule has 0 atom stereocenters.